The summed E-state index contributed by atoms with van der Waals surface area (Å²) in [6.45, 7) is 1.81. The Morgan fingerprint density at radius 1 is 1.12 bits per heavy atom. The van der Waals surface area contributed by atoms with E-state index in [1.54, 1.807) is 18.2 Å². The Morgan fingerprint density at radius 3 is 2.69 bits per heavy atom. The second kappa shape index (κ2) is 5.58. The number of hydrogen-bond acceptors (Lipinski definition) is 3. The number of rotatable bonds is 2. The quantitative estimate of drug-likeness (QED) is 0.505. The van der Waals surface area contributed by atoms with E-state index in [9.17, 15) is 18.0 Å². The van der Waals surface area contributed by atoms with E-state index in [0.717, 1.165) is 29.0 Å². The van der Waals surface area contributed by atoms with Gasteiger partial charge in [-0.2, -0.15) is 18.3 Å². The van der Waals surface area contributed by atoms with Crippen LogP contribution in [0.25, 0.3) is 21.9 Å². The van der Waals surface area contributed by atoms with Gasteiger partial charge >= 0.3 is 6.18 Å². The minimum atomic E-state index is -4.44. The Labute approximate surface area is 144 Å². The first-order chi connectivity index (χ1) is 12.3. The number of fused-ring (bicyclic) bond motifs is 2. The first-order valence-electron chi connectivity index (χ1n) is 7.64. The molecule has 9 heteroatoms. The average Bonchev–Trinajstić information content (AvgIpc) is 3.15. The van der Waals surface area contributed by atoms with Gasteiger partial charge in [-0.25, -0.2) is 4.98 Å². The maximum Gasteiger partial charge on any atom is 0.416 e. The number of hydrogen-bond donors (Lipinski definition) is 3. The number of benzene rings is 2. The van der Waals surface area contributed by atoms with Crippen molar-refractivity contribution in [3.8, 4) is 0 Å². The second-order valence-electron chi connectivity index (χ2n) is 5.84. The van der Waals surface area contributed by atoms with Crippen molar-refractivity contribution in [1.82, 2.24) is 20.2 Å². The van der Waals surface area contributed by atoms with Gasteiger partial charge in [0, 0.05) is 10.9 Å². The minimum Gasteiger partial charge on any atom is -0.342 e. The van der Waals surface area contributed by atoms with E-state index >= 15 is 0 Å². The van der Waals surface area contributed by atoms with Crippen LogP contribution in [-0.2, 0) is 6.18 Å². The summed E-state index contributed by atoms with van der Waals surface area (Å²) in [5, 5.41) is 9.42. The molecule has 0 radical (unpaired) electrons. The summed E-state index contributed by atoms with van der Waals surface area (Å²) in [5.74, 6) is 0.475. The van der Waals surface area contributed by atoms with Crippen LogP contribution in [0, 0.1) is 6.92 Å². The minimum absolute atomic E-state index is 0.166. The third-order valence-corrected chi connectivity index (χ3v) is 3.98. The van der Waals surface area contributed by atoms with Crippen LogP contribution >= 0.6 is 0 Å². The lowest BCUT2D eigenvalue weighted by Gasteiger charge is -2.06. The van der Waals surface area contributed by atoms with Gasteiger partial charge in [0.25, 0.3) is 5.91 Å². The van der Waals surface area contributed by atoms with E-state index < -0.39 is 17.6 Å². The van der Waals surface area contributed by atoms with Crippen molar-refractivity contribution >= 4 is 33.7 Å². The van der Waals surface area contributed by atoms with Crippen LogP contribution in [-0.4, -0.2) is 26.1 Å². The molecule has 0 aliphatic heterocycles. The Morgan fingerprint density at radius 2 is 1.92 bits per heavy atom. The van der Waals surface area contributed by atoms with Gasteiger partial charge in [0.05, 0.1) is 22.1 Å². The zero-order valence-corrected chi connectivity index (χ0v) is 13.4. The third kappa shape index (κ3) is 2.77. The van der Waals surface area contributed by atoms with Crippen LogP contribution in [0.2, 0.25) is 0 Å². The molecule has 4 rings (SSSR count). The number of H-pyrrole nitrogens is 2. The fourth-order valence-electron chi connectivity index (χ4n) is 2.75. The molecule has 6 nitrogen and oxygen atoms in total. The predicted molar refractivity (Wildman–Crippen MR) is 89.9 cm³/mol. The van der Waals surface area contributed by atoms with Crippen molar-refractivity contribution in [2.75, 3.05) is 5.32 Å². The van der Waals surface area contributed by atoms with E-state index in [2.05, 4.69) is 25.5 Å². The molecule has 0 atom stereocenters. The maximum atomic E-state index is 12.8. The number of halogens is 3. The Kier molecular flexibility index (Phi) is 3.46. The van der Waals surface area contributed by atoms with E-state index in [0.29, 0.717) is 10.9 Å². The second-order valence-corrected chi connectivity index (χ2v) is 5.84. The molecule has 0 aliphatic carbocycles. The lowest BCUT2D eigenvalue weighted by Crippen LogP contribution is -2.12. The van der Waals surface area contributed by atoms with Crippen molar-refractivity contribution in [3.63, 3.8) is 0 Å². The SMILES string of the molecule is Cc1nc2ccc(C(=O)Nc3n[nH]c4cc(C(F)(F)F)ccc34)cc2[nH]1. The van der Waals surface area contributed by atoms with Crippen LogP contribution < -0.4 is 5.32 Å². The number of nitrogens with zero attached hydrogens (tertiary/aromatic N) is 2. The first-order valence-corrected chi connectivity index (χ1v) is 7.64. The molecule has 3 N–H and O–H groups in total. The van der Waals surface area contributed by atoms with Gasteiger partial charge in [0.15, 0.2) is 5.82 Å². The molecule has 0 saturated heterocycles. The Balaban J connectivity index is 1.64. The maximum absolute atomic E-state index is 12.8. The van der Waals surface area contributed by atoms with E-state index in [1.165, 1.54) is 6.07 Å². The lowest BCUT2D eigenvalue weighted by atomic mass is 10.1. The van der Waals surface area contributed by atoms with Crippen molar-refractivity contribution in [2.45, 2.75) is 13.1 Å². The number of aromatic amines is 2. The van der Waals surface area contributed by atoms with Crippen LogP contribution in [0.5, 0.6) is 0 Å². The summed E-state index contributed by atoms with van der Waals surface area (Å²) in [6.07, 6.45) is -4.44. The molecule has 26 heavy (non-hydrogen) atoms. The first kappa shape index (κ1) is 16.1. The molecule has 0 unspecified atom stereocenters. The number of carbonyl (C=O) groups is 1. The lowest BCUT2D eigenvalue weighted by molar-refractivity contribution is -0.137. The molecule has 2 aromatic carbocycles. The molecular weight excluding hydrogens is 347 g/mol. The topological polar surface area (TPSA) is 86.5 Å². The summed E-state index contributed by atoms with van der Waals surface area (Å²) < 4.78 is 38.3. The molecule has 2 aromatic heterocycles. The molecular formula is C17H12F3N5O. The van der Waals surface area contributed by atoms with Crippen LogP contribution in [0.3, 0.4) is 0 Å². The summed E-state index contributed by atoms with van der Waals surface area (Å²) in [5.41, 5.74) is 1.24. The predicted octanol–water partition coefficient (Wildman–Crippen LogP) is 4.02. The van der Waals surface area contributed by atoms with Gasteiger partial charge in [0.2, 0.25) is 0 Å². The highest BCUT2D eigenvalue weighted by Gasteiger charge is 2.30. The van der Waals surface area contributed by atoms with Crippen molar-refractivity contribution in [1.29, 1.82) is 0 Å². The standard InChI is InChI=1S/C17H12F3N5O/c1-8-21-12-5-2-9(6-14(12)22-8)16(26)23-15-11-4-3-10(17(18,19)20)7-13(11)24-25-15/h2-7H,1H3,(H,21,22)(H2,23,24,25,26). The fraction of sp³-hybridized carbons (Fsp3) is 0.118. The highest BCUT2D eigenvalue weighted by atomic mass is 19.4. The zero-order valence-electron chi connectivity index (χ0n) is 13.4. The third-order valence-electron chi connectivity index (χ3n) is 3.98. The van der Waals surface area contributed by atoms with Crippen molar-refractivity contribution in [2.24, 2.45) is 0 Å². The number of amides is 1. The van der Waals surface area contributed by atoms with E-state index in [-0.39, 0.29) is 11.3 Å². The Bertz CT molecular complexity index is 1140. The smallest absolute Gasteiger partial charge is 0.342 e. The van der Waals surface area contributed by atoms with Gasteiger partial charge in [-0.15, -0.1) is 0 Å². The van der Waals surface area contributed by atoms with E-state index in [4.69, 9.17) is 0 Å². The molecule has 132 valence electrons. The van der Waals surface area contributed by atoms with Crippen LogP contribution in [0.4, 0.5) is 19.0 Å². The van der Waals surface area contributed by atoms with Crippen LogP contribution in [0.1, 0.15) is 21.7 Å². The van der Waals surface area contributed by atoms with Crippen molar-refractivity contribution in [3.05, 3.63) is 53.3 Å². The van der Waals surface area contributed by atoms with Gasteiger partial charge in [-0.05, 0) is 43.3 Å². The summed E-state index contributed by atoms with van der Waals surface area (Å²) in [7, 11) is 0. The normalized spacial score (nSPS) is 12.0. The van der Waals surface area contributed by atoms with Gasteiger partial charge in [-0.3, -0.25) is 9.89 Å². The average molecular weight is 359 g/mol. The van der Waals surface area contributed by atoms with Gasteiger partial charge in [0.1, 0.15) is 5.82 Å². The number of alkyl halides is 3. The molecule has 1 amide bonds. The summed E-state index contributed by atoms with van der Waals surface area (Å²) in [6, 6.07) is 8.17. The summed E-state index contributed by atoms with van der Waals surface area (Å²) >= 11 is 0. The molecule has 0 bridgehead atoms. The molecule has 0 spiro atoms. The fourth-order valence-corrected chi connectivity index (χ4v) is 2.75. The highest BCUT2D eigenvalue weighted by molar-refractivity contribution is 6.09. The number of carbonyl (C=O) groups excluding carboxylic acids is 1. The Hall–Kier alpha value is -3.36. The molecule has 0 saturated carbocycles. The molecule has 2 heterocycles. The highest BCUT2D eigenvalue weighted by Crippen LogP contribution is 2.32. The van der Waals surface area contributed by atoms with Gasteiger partial charge < -0.3 is 10.3 Å². The summed E-state index contributed by atoms with van der Waals surface area (Å²) in [4.78, 5) is 19.8. The van der Waals surface area contributed by atoms with E-state index in [1.807, 2.05) is 6.92 Å². The monoisotopic (exact) mass is 359 g/mol. The molecule has 4 aromatic rings. The number of aryl methyl sites for hydroxylation is 1. The zero-order chi connectivity index (χ0) is 18.5. The number of nitrogens with one attached hydrogen (secondary N) is 3. The van der Waals surface area contributed by atoms with Crippen molar-refractivity contribution < 1.29 is 18.0 Å². The molecule has 0 fully saturated rings. The number of anilines is 1. The number of aromatic nitrogens is 4. The van der Waals surface area contributed by atoms with Gasteiger partial charge in [-0.1, -0.05) is 0 Å². The molecule has 0 aliphatic rings. The largest absolute Gasteiger partial charge is 0.416 e. The van der Waals surface area contributed by atoms with Crippen LogP contribution in [0.15, 0.2) is 36.4 Å². The number of imidazole rings is 1.